The fourth-order valence-corrected chi connectivity index (χ4v) is 3.09. The Morgan fingerprint density at radius 3 is 2.70 bits per heavy atom. The first kappa shape index (κ1) is 23.8. The van der Waals surface area contributed by atoms with E-state index in [1.54, 1.807) is 13.0 Å². The maximum atomic E-state index is 12.5. The number of hydrogen-bond acceptors (Lipinski definition) is 7. The minimum absolute atomic E-state index is 0.136. The summed E-state index contributed by atoms with van der Waals surface area (Å²) in [6.45, 7) is 3.98. The molecular formula is C23H30O7. The molecule has 0 saturated carbocycles. The van der Waals surface area contributed by atoms with Crippen LogP contribution in [0.15, 0.2) is 30.4 Å². The van der Waals surface area contributed by atoms with E-state index in [2.05, 4.69) is 0 Å². The van der Waals surface area contributed by atoms with Gasteiger partial charge in [-0.05, 0) is 49.0 Å². The normalized spacial score (nSPS) is 17.5. The van der Waals surface area contributed by atoms with Crippen LogP contribution in [-0.2, 0) is 52.8 Å². The smallest absolute Gasteiger partial charge is 0.310 e. The minimum Gasteiger partial charge on any atom is -0.461 e. The molecular weight excluding hydrogens is 388 g/mol. The molecule has 1 atom stereocenters. The summed E-state index contributed by atoms with van der Waals surface area (Å²) in [4.78, 5) is 34.8. The lowest BCUT2D eigenvalue weighted by atomic mass is 9.96. The molecule has 0 aliphatic carbocycles. The summed E-state index contributed by atoms with van der Waals surface area (Å²) in [5.41, 5.74) is 2.73. The van der Waals surface area contributed by atoms with Crippen LogP contribution in [0.1, 0.15) is 49.8 Å². The highest BCUT2D eigenvalue weighted by Crippen LogP contribution is 2.18. The highest BCUT2D eigenvalue weighted by Gasteiger charge is 2.16. The van der Waals surface area contributed by atoms with E-state index in [0.29, 0.717) is 13.0 Å². The van der Waals surface area contributed by atoms with Gasteiger partial charge in [0.05, 0.1) is 19.6 Å². The number of benzene rings is 1. The van der Waals surface area contributed by atoms with Crippen LogP contribution >= 0.6 is 0 Å². The van der Waals surface area contributed by atoms with Gasteiger partial charge in [0.25, 0.3) is 0 Å². The molecule has 7 heteroatoms. The first-order valence-corrected chi connectivity index (χ1v) is 10.2. The number of aryl methyl sites for hydroxylation is 1. The van der Waals surface area contributed by atoms with Gasteiger partial charge in [-0.3, -0.25) is 9.59 Å². The van der Waals surface area contributed by atoms with Crippen molar-refractivity contribution >= 4 is 17.7 Å². The standard InChI is InChI=1S/C23H30O7/c1-17(24)6-3-4-7-20-12-19(14-29-18(2)25)9-10-21(20)13-23(26)30-22-8-5-11-27-16-28-15-22/h5,8-10,12,22H,3-4,6-7,11,13-16H2,1-2H3/b8-5+. The highest BCUT2D eigenvalue weighted by atomic mass is 16.7. The van der Waals surface area contributed by atoms with E-state index in [4.69, 9.17) is 18.9 Å². The third-order valence-corrected chi connectivity index (χ3v) is 4.57. The summed E-state index contributed by atoms with van der Waals surface area (Å²) < 4.78 is 21.0. The fourth-order valence-electron chi connectivity index (χ4n) is 3.09. The molecule has 0 bridgehead atoms. The molecule has 1 aliphatic heterocycles. The van der Waals surface area contributed by atoms with Crippen molar-refractivity contribution in [3.05, 3.63) is 47.0 Å². The molecule has 1 heterocycles. The van der Waals surface area contributed by atoms with Crippen LogP contribution in [0, 0.1) is 0 Å². The van der Waals surface area contributed by atoms with Gasteiger partial charge in [-0.15, -0.1) is 0 Å². The van der Waals surface area contributed by atoms with E-state index < -0.39 is 6.10 Å². The van der Waals surface area contributed by atoms with Gasteiger partial charge in [-0.2, -0.15) is 0 Å². The Kier molecular flexibility index (Phi) is 10.2. The molecule has 30 heavy (non-hydrogen) atoms. The molecule has 164 valence electrons. The van der Waals surface area contributed by atoms with Gasteiger partial charge in [0, 0.05) is 13.3 Å². The van der Waals surface area contributed by atoms with Crippen LogP contribution < -0.4 is 0 Å². The van der Waals surface area contributed by atoms with Gasteiger partial charge in [0.2, 0.25) is 0 Å². The number of unbranched alkanes of at least 4 members (excludes halogenated alkanes) is 1. The Balaban J connectivity index is 2.03. The van der Waals surface area contributed by atoms with Gasteiger partial charge < -0.3 is 23.7 Å². The number of hydrogen-bond donors (Lipinski definition) is 0. The number of esters is 2. The van der Waals surface area contributed by atoms with Crippen molar-refractivity contribution in [2.75, 3.05) is 20.0 Å². The molecule has 1 aromatic carbocycles. The number of rotatable bonds is 10. The van der Waals surface area contributed by atoms with Crippen LogP contribution in [0.2, 0.25) is 0 Å². The monoisotopic (exact) mass is 418 g/mol. The van der Waals surface area contributed by atoms with Crippen molar-refractivity contribution in [1.82, 2.24) is 0 Å². The summed E-state index contributed by atoms with van der Waals surface area (Å²) in [5, 5.41) is 0. The summed E-state index contributed by atoms with van der Waals surface area (Å²) >= 11 is 0. The van der Waals surface area contributed by atoms with E-state index >= 15 is 0 Å². The molecule has 0 saturated heterocycles. The van der Waals surface area contributed by atoms with Crippen molar-refractivity contribution in [2.24, 2.45) is 0 Å². The third kappa shape index (κ3) is 9.33. The Morgan fingerprint density at radius 2 is 1.93 bits per heavy atom. The van der Waals surface area contributed by atoms with Gasteiger partial charge in [-0.1, -0.05) is 24.3 Å². The summed E-state index contributed by atoms with van der Waals surface area (Å²) in [6, 6.07) is 5.68. The first-order chi connectivity index (χ1) is 14.4. The van der Waals surface area contributed by atoms with Crippen LogP contribution in [0.5, 0.6) is 0 Å². The fraction of sp³-hybridized carbons (Fsp3) is 0.522. The van der Waals surface area contributed by atoms with E-state index in [9.17, 15) is 14.4 Å². The molecule has 0 aromatic heterocycles. The topological polar surface area (TPSA) is 88.1 Å². The molecule has 0 amide bonds. The first-order valence-electron chi connectivity index (χ1n) is 10.2. The van der Waals surface area contributed by atoms with Crippen LogP contribution in [0.25, 0.3) is 0 Å². The van der Waals surface area contributed by atoms with Gasteiger partial charge in [0.1, 0.15) is 25.3 Å². The predicted octanol–water partition coefficient (Wildman–Crippen LogP) is 3.07. The quantitative estimate of drug-likeness (QED) is 0.328. The second-order valence-electron chi connectivity index (χ2n) is 7.29. The van der Waals surface area contributed by atoms with E-state index in [1.165, 1.54) is 6.92 Å². The molecule has 0 spiro atoms. The lowest BCUT2D eigenvalue weighted by Crippen LogP contribution is -2.25. The summed E-state index contributed by atoms with van der Waals surface area (Å²) in [6.07, 6.45) is 6.17. The van der Waals surface area contributed by atoms with E-state index in [1.807, 2.05) is 24.3 Å². The zero-order chi connectivity index (χ0) is 21.8. The zero-order valence-corrected chi connectivity index (χ0v) is 17.7. The van der Waals surface area contributed by atoms with Crippen LogP contribution in [0.4, 0.5) is 0 Å². The van der Waals surface area contributed by atoms with Gasteiger partial charge >= 0.3 is 11.9 Å². The average molecular weight is 418 g/mol. The minimum atomic E-state index is -0.441. The van der Waals surface area contributed by atoms with Crippen molar-refractivity contribution < 1.29 is 33.3 Å². The second kappa shape index (κ2) is 12.9. The molecule has 1 aliphatic rings. The van der Waals surface area contributed by atoms with Crippen molar-refractivity contribution in [2.45, 2.75) is 58.7 Å². The Morgan fingerprint density at radius 1 is 1.10 bits per heavy atom. The van der Waals surface area contributed by atoms with Crippen molar-refractivity contribution in [3.63, 3.8) is 0 Å². The van der Waals surface area contributed by atoms with Crippen molar-refractivity contribution in [3.8, 4) is 0 Å². The molecule has 0 radical (unpaired) electrons. The molecule has 1 aromatic rings. The highest BCUT2D eigenvalue weighted by molar-refractivity contribution is 5.75. The number of ether oxygens (including phenoxy) is 4. The van der Waals surface area contributed by atoms with Crippen molar-refractivity contribution in [1.29, 1.82) is 0 Å². The van der Waals surface area contributed by atoms with Gasteiger partial charge in [0.15, 0.2) is 0 Å². The molecule has 0 fully saturated rings. The third-order valence-electron chi connectivity index (χ3n) is 4.57. The second-order valence-corrected chi connectivity index (χ2v) is 7.29. The summed E-state index contributed by atoms with van der Waals surface area (Å²) in [5.74, 6) is -0.514. The van der Waals surface area contributed by atoms with Gasteiger partial charge in [-0.25, -0.2) is 0 Å². The number of carbonyl (C=O) groups excluding carboxylic acids is 3. The maximum absolute atomic E-state index is 12.5. The molecule has 1 unspecified atom stereocenters. The number of ketones is 1. The Hall–Kier alpha value is -2.51. The van der Waals surface area contributed by atoms with E-state index in [-0.39, 0.29) is 44.1 Å². The Labute approximate surface area is 177 Å². The predicted molar refractivity (Wildman–Crippen MR) is 110 cm³/mol. The maximum Gasteiger partial charge on any atom is 0.310 e. The Bertz CT molecular complexity index is 754. The molecule has 0 N–H and O–H groups in total. The lowest BCUT2D eigenvalue weighted by molar-refractivity contribution is -0.151. The largest absolute Gasteiger partial charge is 0.461 e. The zero-order valence-electron chi connectivity index (χ0n) is 17.7. The van der Waals surface area contributed by atoms with E-state index in [0.717, 1.165) is 36.0 Å². The summed E-state index contributed by atoms with van der Waals surface area (Å²) in [7, 11) is 0. The number of carbonyl (C=O) groups is 3. The van der Waals surface area contributed by atoms with Crippen LogP contribution in [-0.4, -0.2) is 43.8 Å². The number of Topliss-reactive ketones (excluding diaryl/α,β-unsaturated/α-hetero) is 1. The average Bonchev–Trinajstić information content (AvgIpc) is 2.67. The molecule has 7 nitrogen and oxygen atoms in total. The SMILES string of the molecule is CC(=O)CCCCc1cc(COC(C)=O)ccc1CC(=O)OC1/C=C/COCOC1. The van der Waals surface area contributed by atoms with Crippen LogP contribution in [0.3, 0.4) is 0 Å². The molecule has 2 rings (SSSR count). The lowest BCUT2D eigenvalue weighted by Gasteiger charge is -2.18.